The van der Waals surface area contributed by atoms with Crippen molar-refractivity contribution in [3.8, 4) is 0 Å². The largest absolute Gasteiger partial charge is 0.303 e. The summed E-state index contributed by atoms with van der Waals surface area (Å²) in [4.78, 5) is 10.3. The van der Waals surface area contributed by atoms with Gasteiger partial charge in [0.2, 0.25) is 0 Å². The Hall–Kier alpha value is -0.470. The predicted molar refractivity (Wildman–Crippen MR) is 33.0 cm³/mol. The van der Waals surface area contributed by atoms with E-state index in [2.05, 4.69) is 0 Å². The van der Waals surface area contributed by atoms with Crippen LogP contribution in [-0.4, -0.2) is 12.2 Å². The maximum absolute atomic E-state index is 12.6. The Morgan fingerprint density at radius 3 is 2.00 bits per heavy atom. The first-order valence-corrected chi connectivity index (χ1v) is 3.36. The highest BCUT2D eigenvalue weighted by Gasteiger charge is 2.53. The fourth-order valence-electron chi connectivity index (χ4n) is 1.22. The van der Waals surface area contributed by atoms with Crippen LogP contribution in [0, 0.1) is 5.41 Å². The summed E-state index contributed by atoms with van der Waals surface area (Å²) < 4.78 is 25.2. The SMILES string of the molecule is CC(F)(F)C1(C=O)CCC1. The predicted octanol–water partition coefficient (Wildman–Crippen LogP) is 2.01. The highest BCUT2D eigenvalue weighted by atomic mass is 19.3. The topological polar surface area (TPSA) is 17.1 Å². The van der Waals surface area contributed by atoms with Crippen LogP contribution in [0.2, 0.25) is 0 Å². The second-order valence-electron chi connectivity index (χ2n) is 3.02. The molecule has 1 aliphatic rings. The lowest BCUT2D eigenvalue weighted by atomic mass is 9.66. The van der Waals surface area contributed by atoms with E-state index in [4.69, 9.17) is 0 Å². The summed E-state index contributed by atoms with van der Waals surface area (Å²) in [6.07, 6.45) is 1.86. The van der Waals surface area contributed by atoms with Crippen LogP contribution in [0.4, 0.5) is 8.78 Å². The third kappa shape index (κ3) is 0.842. The average Bonchev–Trinajstić information content (AvgIpc) is 1.58. The molecule has 0 aromatic rings. The summed E-state index contributed by atoms with van der Waals surface area (Å²) >= 11 is 0. The number of hydrogen-bond donors (Lipinski definition) is 0. The van der Waals surface area contributed by atoms with Gasteiger partial charge in [-0.05, 0) is 12.8 Å². The first-order chi connectivity index (χ1) is 4.52. The molecule has 0 atom stereocenters. The van der Waals surface area contributed by atoms with Gasteiger partial charge in [-0.3, -0.25) is 0 Å². The maximum Gasteiger partial charge on any atom is 0.257 e. The van der Waals surface area contributed by atoms with E-state index in [1.54, 1.807) is 0 Å². The Labute approximate surface area is 58.4 Å². The van der Waals surface area contributed by atoms with Crippen LogP contribution < -0.4 is 0 Å². The van der Waals surface area contributed by atoms with Crippen LogP contribution in [-0.2, 0) is 4.79 Å². The Bertz CT molecular complexity index is 144. The minimum absolute atomic E-state index is 0.347. The molecule has 0 aromatic heterocycles. The molecule has 0 radical (unpaired) electrons. The molecule has 0 amide bonds. The summed E-state index contributed by atoms with van der Waals surface area (Å²) in [5.41, 5.74) is -1.31. The van der Waals surface area contributed by atoms with E-state index < -0.39 is 11.3 Å². The molecule has 0 aliphatic heterocycles. The van der Waals surface area contributed by atoms with Gasteiger partial charge in [0.25, 0.3) is 5.92 Å². The van der Waals surface area contributed by atoms with Crippen molar-refractivity contribution in [2.45, 2.75) is 32.1 Å². The highest BCUT2D eigenvalue weighted by molar-refractivity contribution is 5.62. The van der Waals surface area contributed by atoms with Gasteiger partial charge in [0, 0.05) is 6.92 Å². The van der Waals surface area contributed by atoms with Crippen LogP contribution >= 0.6 is 0 Å². The van der Waals surface area contributed by atoms with Gasteiger partial charge >= 0.3 is 0 Å². The van der Waals surface area contributed by atoms with E-state index in [1.165, 1.54) is 0 Å². The number of carbonyl (C=O) groups excluding carboxylic acids is 1. The van der Waals surface area contributed by atoms with Crippen LogP contribution in [0.5, 0.6) is 0 Å². The molecule has 1 aliphatic carbocycles. The van der Waals surface area contributed by atoms with E-state index in [0.29, 0.717) is 19.1 Å². The Morgan fingerprint density at radius 1 is 1.50 bits per heavy atom. The van der Waals surface area contributed by atoms with Gasteiger partial charge in [0.15, 0.2) is 0 Å². The van der Waals surface area contributed by atoms with Gasteiger partial charge in [0.05, 0.1) is 5.41 Å². The minimum atomic E-state index is -2.83. The van der Waals surface area contributed by atoms with Crippen LogP contribution in [0.15, 0.2) is 0 Å². The lowest BCUT2D eigenvalue weighted by molar-refractivity contribution is -0.160. The summed E-state index contributed by atoms with van der Waals surface area (Å²) in [7, 11) is 0. The molecule has 0 heterocycles. The normalized spacial score (nSPS) is 23.5. The van der Waals surface area contributed by atoms with Gasteiger partial charge in [-0.15, -0.1) is 0 Å². The number of carbonyl (C=O) groups is 1. The number of alkyl halides is 2. The summed E-state index contributed by atoms with van der Waals surface area (Å²) in [6.45, 7) is 0.820. The van der Waals surface area contributed by atoms with E-state index in [1.807, 2.05) is 0 Å². The standard InChI is InChI=1S/C7H10F2O/c1-6(8,9)7(5-10)3-2-4-7/h5H,2-4H2,1H3. The van der Waals surface area contributed by atoms with Crippen LogP contribution in [0.1, 0.15) is 26.2 Å². The van der Waals surface area contributed by atoms with Crippen molar-refractivity contribution in [2.24, 2.45) is 5.41 Å². The monoisotopic (exact) mass is 148 g/mol. The summed E-state index contributed by atoms with van der Waals surface area (Å²) in [5.74, 6) is -2.83. The van der Waals surface area contributed by atoms with Crippen molar-refractivity contribution >= 4 is 6.29 Å². The fourth-order valence-corrected chi connectivity index (χ4v) is 1.22. The van der Waals surface area contributed by atoms with Crippen molar-refractivity contribution in [1.82, 2.24) is 0 Å². The first-order valence-electron chi connectivity index (χ1n) is 3.36. The third-order valence-electron chi connectivity index (χ3n) is 2.35. The zero-order chi connectivity index (χ0) is 7.83. The molecule has 3 heteroatoms. The lowest BCUT2D eigenvalue weighted by Gasteiger charge is -2.40. The first kappa shape index (κ1) is 7.63. The maximum atomic E-state index is 12.6. The molecular formula is C7H10F2O. The molecule has 1 rings (SSSR count). The van der Waals surface area contributed by atoms with Crippen molar-refractivity contribution in [3.63, 3.8) is 0 Å². The summed E-state index contributed by atoms with van der Waals surface area (Å²) in [5, 5.41) is 0. The molecule has 1 nitrogen and oxygen atoms in total. The fraction of sp³-hybridized carbons (Fsp3) is 0.857. The van der Waals surface area contributed by atoms with Crippen molar-refractivity contribution < 1.29 is 13.6 Å². The molecule has 0 spiro atoms. The lowest BCUT2D eigenvalue weighted by Crippen LogP contribution is -2.45. The van der Waals surface area contributed by atoms with Gasteiger partial charge in [-0.2, -0.15) is 0 Å². The molecule has 0 bridgehead atoms. The quantitative estimate of drug-likeness (QED) is 0.547. The van der Waals surface area contributed by atoms with Gasteiger partial charge in [-0.25, -0.2) is 8.78 Å². The minimum Gasteiger partial charge on any atom is -0.303 e. The van der Waals surface area contributed by atoms with E-state index in [0.717, 1.165) is 13.3 Å². The van der Waals surface area contributed by atoms with Gasteiger partial charge < -0.3 is 4.79 Å². The molecule has 1 fully saturated rings. The Balaban J connectivity index is 2.74. The molecule has 58 valence electrons. The molecule has 1 saturated carbocycles. The number of halogens is 2. The molecule has 0 N–H and O–H groups in total. The average molecular weight is 148 g/mol. The molecular weight excluding hydrogens is 138 g/mol. The number of rotatable bonds is 2. The zero-order valence-electron chi connectivity index (χ0n) is 5.86. The molecule has 0 unspecified atom stereocenters. The van der Waals surface area contributed by atoms with Gasteiger partial charge in [-0.1, -0.05) is 6.42 Å². The van der Waals surface area contributed by atoms with E-state index in [9.17, 15) is 13.6 Å². The Kier molecular flexibility index (Phi) is 1.53. The highest BCUT2D eigenvalue weighted by Crippen LogP contribution is 2.50. The van der Waals surface area contributed by atoms with Crippen molar-refractivity contribution in [2.75, 3.05) is 0 Å². The van der Waals surface area contributed by atoms with Crippen molar-refractivity contribution in [1.29, 1.82) is 0 Å². The second-order valence-corrected chi connectivity index (χ2v) is 3.02. The number of aldehydes is 1. The van der Waals surface area contributed by atoms with Crippen molar-refractivity contribution in [3.05, 3.63) is 0 Å². The van der Waals surface area contributed by atoms with E-state index >= 15 is 0 Å². The van der Waals surface area contributed by atoms with Crippen LogP contribution in [0.3, 0.4) is 0 Å². The Morgan fingerprint density at radius 2 is 2.00 bits per heavy atom. The second kappa shape index (κ2) is 2.01. The molecule has 0 saturated heterocycles. The number of hydrogen-bond acceptors (Lipinski definition) is 1. The third-order valence-corrected chi connectivity index (χ3v) is 2.35. The molecule has 0 aromatic carbocycles. The van der Waals surface area contributed by atoms with Gasteiger partial charge in [0.1, 0.15) is 6.29 Å². The van der Waals surface area contributed by atoms with E-state index in [-0.39, 0.29) is 0 Å². The zero-order valence-corrected chi connectivity index (χ0v) is 5.86. The molecule has 10 heavy (non-hydrogen) atoms. The van der Waals surface area contributed by atoms with Crippen LogP contribution in [0.25, 0.3) is 0 Å². The summed E-state index contributed by atoms with van der Waals surface area (Å²) in [6, 6.07) is 0. The smallest absolute Gasteiger partial charge is 0.257 e.